The Morgan fingerprint density at radius 1 is 0.579 bits per heavy atom. The van der Waals surface area contributed by atoms with Crippen LogP contribution in [0.3, 0.4) is 0 Å². The summed E-state index contributed by atoms with van der Waals surface area (Å²) in [5.41, 5.74) is 30.6. The van der Waals surface area contributed by atoms with Crippen LogP contribution in [0.25, 0.3) is 0 Å². The maximum absolute atomic E-state index is 5.17. The van der Waals surface area contributed by atoms with Gasteiger partial charge in [-0.25, -0.2) is 0 Å². The topological polar surface area (TPSA) is 156 Å². The summed E-state index contributed by atoms with van der Waals surface area (Å²) in [7, 11) is 0. The maximum Gasteiger partial charge on any atom is 3.00 e. The van der Waals surface area contributed by atoms with Gasteiger partial charge in [-0.2, -0.15) is 0 Å². The van der Waals surface area contributed by atoms with E-state index in [0.29, 0.717) is 19.6 Å². The van der Waals surface area contributed by atoms with E-state index in [4.69, 9.17) is 34.4 Å². The minimum absolute atomic E-state index is 0. The Morgan fingerprint density at radius 3 is 0.632 bits per heavy atom. The zero-order valence-corrected chi connectivity index (χ0v) is 15.7. The van der Waals surface area contributed by atoms with E-state index in [0.717, 1.165) is 0 Å². The molecule has 6 nitrogen and oxygen atoms in total. The molecular weight excluding hydrogens is 401 g/mol. The van der Waals surface area contributed by atoms with Crippen molar-refractivity contribution < 1.29 is 56.7 Å². The number of hydrogen-bond donors (Lipinski definition) is 6. The number of nitrogens with two attached hydrogens (primary N) is 6. The molecule has 3 atom stereocenters. The van der Waals surface area contributed by atoms with Crippen molar-refractivity contribution in [1.29, 1.82) is 0 Å². The predicted octanol–water partition coefficient (Wildman–Crippen LogP) is -11.1. The van der Waals surface area contributed by atoms with Gasteiger partial charge in [-0.05, 0) is 20.8 Å². The fourth-order valence-electron chi connectivity index (χ4n) is 0. The van der Waals surface area contributed by atoms with Gasteiger partial charge in [0.15, 0.2) is 0 Å². The van der Waals surface area contributed by atoms with Crippen molar-refractivity contribution in [1.82, 2.24) is 0 Å². The Morgan fingerprint density at radius 2 is 0.632 bits per heavy atom. The molecule has 126 valence electrons. The van der Waals surface area contributed by atoms with Gasteiger partial charge in [0, 0.05) is 37.8 Å². The van der Waals surface area contributed by atoms with Gasteiger partial charge < -0.3 is 71.6 Å². The summed E-state index contributed by atoms with van der Waals surface area (Å²) in [5, 5.41) is 0. The number of rotatable bonds is 3. The zero-order chi connectivity index (χ0) is 12.9. The second-order valence-electron chi connectivity index (χ2n) is 3.64. The van der Waals surface area contributed by atoms with E-state index in [9.17, 15) is 0 Å². The third-order valence-corrected chi connectivity index (χ3v) is 1.12. The molecule has 0 radical (unpaired) electrons. The summed E-state index contributed by atoms with van der Waals surface area (Å²) < 4.78 is 0. The van der Waals surface area contributed by atoms with E-state index >= 15 is 0 Å². The van der Waals surface area contributed by atoms with Crippen LogP contribution in [0.1, 0.15) is 20.8 Å². The molecule has 0 rings (SSSR count). The molecule has 0 aliphatic rings. The molecule has 0 fully saturated rings. The van der Waals surface area contributed by atoms with Gasteiger partial charge in [0.05, 0.1) is 0 Å². The van der Waals surface area contributed by atoms with E-state index < -0.39 is 0 Å². The van der Waals surface area contributed by atoms with Gasteiger partial charge in [-0.3, -0.25) is 0 Å². The molecular formula is C9H30Cl3N6Rh. The van der Waals surface area contributed by atoms with Crippen LogP contribution in [-0.2, 0) is 19.5 Å². The summed E-state index contributed by atoms with van der Waals surface area (Å²) in [4.78, 5) is 0. The molecule has 0 aliphatic heterocycles. The minimum Gasteiger partial charge on any atom is -1.00 e. The summed E-state index contributed by atoms with van der Waals surface area (Å²) in [5.74, 6) is 0. The standard InChI is InChI=1S/3C3H10N2.3ClH.Rh/c3*1-3(5)2-4;;;;/h3*3H,2,4-5H2,1H3;3*1H;/q;;;;;;+3/p-3. The van der Waals surface area contributed by atoms with Gasteiger partial charge >= 0.3 is 19.5 Å². The summed E-state index contributed by atoms with van der Waals surface area (Å²) in [6.45, 7) is 7.38. The Balaban J connectivity index is -0.0000000206. The van der Waals surface area contributed by atoms with Gasteiger partial charge in [-0.15, -0.1) is 0 Å². The van der Waals surface area contributed by atoms with E-state index in [-0.39, 0.29) is 74.8 Å². The summed E-state index contributed by atoms with van der Waals surface area (Å²) in [6.07, 6.45) is 0. The molecule has 12 N–H and O–H groups in total. The second-order valence-corrected chi connectivity index (χ2v) is 3.64. The van der Waals surface area contributed by atoms with Gasteiger partial charge in [0.25, 0.3) is 0 Å². The molecule has 0 saturated heterocycles. The van der Waals surface area contributed by atoms with E-state index in [1.54, 1.807) is 0 Å². The number of halogens is 3. The van der Waals surface area contributed by atoms with E-state index in [1.807, 2.05) is 20.8 Å². The molecule has 3 unspecified atom stereocenters. The smallest absolute Gasteiger partial charge is 1.00 e. The average Bonchev–Trinajstić information content (AvgIpc) is 2.19. The van der Waals surface area contributed by atoms with Crippen molar-refractivity contribution >= 4 is 0 Å². The largest absolute Gasteiger partial charge is 3.00 e. The molecule has 10 heteroatoms. The molecule has 19 heavy (non-hydrogen) atoms. The summed E-state index contributed by atoms with van der Waals surface area (Å²) in [6, 6.07) is 0.486. The fourth-order valence-corrected chi connectivity index (χ4v) is 0. The van der Waals surface area contributed by atoms with Gasteiger partial charge in [0.2, 0.25) is 0 Å². The third kappa shape index (κ3) is 109. The quantitative estimate of drug-likeness (QED) is 0.244. The predicted molar refractivity (Wildman–Crippen MR) is 68.1 cm³/mol. The summed E-state index contributed by atoms with van der Waals surface area (Å²) >= 11 is 0. The first kappa shape index (κ1) is 42.7. The molecule has 0 saturated carbocycles. The molecule has 0 aromatic carbocycles. The van der Waals surface area contributed by atoms with Crippen molar-refractivity contribution in [3.05, 3.63) is 0 Å². The third-order valence-electron chi connectivity index (χ3n) is 1.12. The Bertz CT molecular complexity index is 92.9. The molecule has 0 aromatic heterocycles. The molecule has 0 aliphatic carbocycles. The first-order valence-electron chi connectivity index (χ1n) is 5.18. The van der Waals surface area contributed by atoms with Crippen LogP contribution >= 0.6 is 0 Å². The molecule has 0 heterocycles. The maximum atomic E-state index is 5.17. The van der Waals surface area contributed by atoms with Crippen LogP contribution in [0, 0.1) is 0 Å². The first-order valence-corrected chi connectivity index (χ1v) is 5.18. The molecule has 0 bridgehead atoms. The fraction of sp³-hybridized carbons (Fsp3) is 1.00. The van der Waals surface area contributed by atoms with Gasteiger partial charge in [0.1, 0.15) is 0 Å². The van der Waals surface area contributed by atoms with Crippen LogP contribution in [0.4, 0.5) is 0 Å². The molecule has 0 spiro atoms. The molecule has 0 amide bonds. The van der Waals surface area contributed by atoms with Crippen LogP contribution < -0.4 is 71.6 Å². The van der Waals surface area contributed by atoms with Crippen LogP contribution in [-0.4, -0.2) is 37.8 Å². The Labute approximate surface area is 149 Å². The minimum atomic E-state index is 0. The van der Waals surface area contributed by atoms with Crippen molar-refractivity contribution in [2.24, 2.45) is 34.4 Å². The van der Waals surface area contributed by atoms with Crippen LogP contribution in [0.15, 0.2) is 0 Å². The molecule has 0 aromatic rings. The Hall–Kier alpha value is 1.25. The van der Waals surface area contributed by atoms with Crippen molar-refractivity contribution in [2.75, 3.05) is 19.6 Å². The zero-order valence-electron chi connectivity index (χ0n) is 11.8. The van der Waals surface area contributed by atoms with Crippen molar-refractivity contribution in [3.8, 4) is 0 Å². The normalized spacial score (nSPS) is 11.8. The average molecular weight is 432 g/mol. The monoisotopic (exact) mass is 430 g/mol. The first-order chi connectivity index (χ1) is 6.81. The second kappa shape index (κ2) is 36.5. The van der Waals surface area contributed by atoms with Crippen molar-refractivity contribution in [3.63, 3.8) is 0 Å². The van der Waals surface area contributed by atoms with E-state index in [2.05, 4.69) is 0 Å². The van der Waals surface area contributed by atoms with Crippen LogP contribution in [0.5, 0.6) is 0 Å². The van der Waals surface area contributed by atoms with E-state index in [1.165, 1.54) is 0 Å². The van der Waals surface area contributed by atoms with Gasteiger partial charge in [-0.1, -0.05) is 0 Å². The number of hydrogen-bond acceptors (Lipinski definition) is 6. The van der Waals surface area contributed by atoms with Crippen LogP contribution in [0.2, 0.25) is 0 Å². The SMILES string of the molecule is CC(N)CN.CC(N)CN.CC(N)CN.[Cl-].[Cl-].[Cl-].[Rh+3]. The Kier molecular flexibility index (Phi) is 82.2. The van der Waals surface area contributed by atoms with Crippen molar-refractivity contribution in [2.45, 2.75) is 38.9 Å².